The molecule has 2 aromatic rings. The number of anilines is 1. The average Bonchev–Trinajstić information content (AvgIpc) is 3.25. The number of thiazole rings is 1. The lowest BCUT2D eigenvalue weighted by Gasteiger charge is -2.08. The van der Waals surface area contributed by atoms with Gasteiger partial charge < -0.3 is 9.47 Å². The number of nitrogens with zero attached hydrogens (tertiary/aromatic N) is 1. The predicted octanol–water partition coefficient (Wildman–Crippen LogP) is 2.61. The van der Waals surface area contributed by atoms with E-state index < -0.39 is 18.0 Å². The lowest BCUT2D eigenvalue weighted by molar-refractivity contribution is -0.156. The van der Waals surface area contributed by atoms with Crippen molar-refractivity contribution in [2.75, 3.05) is 18.5 Å². The molecule has 0 spiro atoms. The highest BCUT2D eigenvalue weighted by Gasteiger charge is 2.25. The van der Waals surface area contributed by atoms with Gasteiger partial charge in [0.2, 0.25) is 0 Å². The minimum atomic E-state index is -0.567. The summed E-state index contributed by atoms with van der Waals surface area (Å²) in [5.41, 5.74) is 1.38. The van der Waals surface area contributed by atoms with Gasteiger partial charge in [0.05, 0.1) is 5.69 Å². The van der Waals surface area contributed by atoms with Gasteiger partial charge in [-0.15, -0.1) is 11.3 Å². The molecule has 2 heterocycles. The van der Waals surface area contributed by atoms with Crippen LogP contribution in [0.3, 0.4) is 0 Å². The fourth-order valence-electron chi connectivity index (χ4n) is 2.23. The van der Waals surface area contributed by atoms with Crippen molar-refractivity contribution in [3.8, 4) is 11.3 Å². The van der Waals surface area contributed by atoms with E-state index in [0.29, 0.717) is 23.9 Å². The van der Waals surface area contributed by atoms with Crippen LogP contribution < -0.4 is 5.32 Å². The van der Waals surface area contributed by atoms with Crippen LogP contribution in [0.5, 0.6) is 0 Å². The number of carbonyl (C=O) groups is 2. The van der Waals surface area contributed by atoms with Crippen molar-refractivity contribution >= 4 is 28.3 Å². The Labute approximate surface area is 141 Å². The van der Waals surface area contributed by atoms with E-state index in [1.165, 1.54) is 23.5 Å². The molecule has 1 saturated heterocycles. The summed E-state index contributed by atoms with van der Waals surface area (Å²) < 4.78 is 23.0. The molecule has 0 aliphatic carbocycles. The van der Waals surface area contributed by atoms with E-state index in [0.717, 1.165) is 12.0 Å². The molecular weight excluding hydrogens is 335 g/mol. The van der Waals surface area contributed by atoms with Gasteiger partial charge in [-0.3, -0.25) is 10.1 Å². The normalized spacial score (nSPS) is 16.8. The van der Waals surface area contributed by atoms with Crippen LogP contribution in [0, 0.1) is 5.82 Å². The summed E-state index contributed by atoms with van der Waals surface area (Å²) in [7, 11) is 0. The number of hydrogen-bond donors (Lipinski definition) is 1. The summed E-state index contributed by atoms with van der Waals surface area (Å²) in [6.45, 7) is 0.154. The second kappa shape index (κ2) is 7.50. The topological polar surface area (TPSA) is 77.5 Å². The van der Waals surface area contributed by atoms with E-state index >= 15 is 0 Å². The number of nitrogens with one attached hydrogen (secondary N) is 1. The molecule has 6 nitrogen and oxygen atoms in total. The van der Waals surface area contributed by atoms with E-state index in [1.807, 2.05) is 0 Å². The van der Waals surface area contributed by atoms with Gasteiger partial charge in [0, 0.05) is 17.6 Å². The number of aromatic nitrogens is 1. The standard InChI is InChI=1S/C16H15FN2O4S/c17-11-5-3-10(4-6-11)12-9-24-16(18-12)19-14(20)8-23-15(21)13-2-1-7-22-13/h3-6,9,13H,1-2,7-8H2,(H,18,19,20)/t13-/m1/s1. The highest BCUT2D eigenvalue weighted by molar-refractivity contribution is 7.14. The summed E-state index contributed by atoms with van der Waals surface area (Å²) in [4.78, 5) is 27.7. The molecule has 1 N–H and O–H groups in total. The fraction of sp³-hybridized carbons (Fsp3) is 0.312. The van der Waals surface area contributed by atoms with Gasteiger partial charge in [-0.25, -0.2) is 14.2 Å². The predicted molar refractivity (Wildman–Crippen MR) is 86.1 cm³/mol. The Morgan fingerprint density at radius 1 is 1.38 bits per heavy atom. The second-order valence-electron chi connectivity index (χ2n) is 5.20. The first-order chi connectivity index (χ1) is 11.6. The first-order valence-corrected chi connectivity index (χ1v) is 8.29. The van der Waals surface area contributed by atoms with Crippen LogP contribution in [0.4, 0.5) is 9.52 Å². The Balaban J connectivity index is 1.51. The monoisotopic (exact) mass is 350 g/mol. The highest BCUT2D eigenvalue weighted by Crippen LogP contribution is 2.25. The molecule has 3 rings (SSSR count). The smallest absolute Gasteiger partial charge is 0.335 e. The van der Waals surface area contributed by atoms with Crippen LogP contribution in [0.2, 0.25) is 0 Å². The van der Waals surface area contributed by atoms with E-state index in [1.54, 1.807) is 17.5 Å². The minimum Gasteiger partial charge on any atom is -0.454 e. The van der Waals surface area contributed by atoms with Crippen molar-refractivity contribution < 1.29 is 23.5 Å². The Morgan fingerprint density at radius 2 is 2.17 bits per heavy atom. The third-order valence-electron chi connectivity index (χ3n) is 3.43. The molecule has 1 amide bonds. The van der Waals surface area contributed by atoms with Gasteiger partial charge in [-0.2, -0.15) is 0 Å². The number of amides is 1. The molecule has 1 fully saturated rings. The van der Waals surface area contributed by atoms with Gasteiger partial charge in [-0.1, -0.05) is 0 Å². The molecule has 1 aliphatic heterocycles. The summed E-state index contributed by atoms with van der Waals surface area (Å²) in [6, 6.07) is 5.91. The van der Waals surface area contributed by atoms with Crippen LogP contribution in [-0.2, 0) is 19.1 Å². The number of ether oxygens (including phenoxy) is 2. The quantitative estimate of drug-likeness (QED) is 0.839. The van der Waals surface area contributed by atoms with Gasteiger partial charge >= 0.3 is 5.97 Å². The van der Waals surface area contributed by atoms with E-state index in [9.17, 15) is 14.0 Å². The minimum absolute atomic E-state index is 0.324. The lowest BCUT2D eigenvalue weighted by atomic mass is 10.2. The molecule has 0 radical (unpaired) electrons. The fourth-order valence-corrected chi connectivity index (χ4v) is 2.97. The third kappa shape index (κ3) is 4.15. The molecule has 1 aromatic carbocycles. The van der Waals surface area contributed by atoms with Gasteiger partial charge in [-0.05, 0) is 37.1 Å². The van der Waals surface area contributed by atoms with Crippen LogP contribution in [0.15, 0.2) is 29.6 Å². The molecule has 126 valence electrons. The van der Waals surface area contributed by atoms with Crippen molar-refractivity contribution in [3.05, 3.63) is 35.5 Å². The zero-order valence-electron chi connectivity index (χ0n) is 12.7. The van der Waals surface area contributed by atoms with E-state index in [2.05, 4.69) is 10.3 Å². The molecule has 0 bridgehead atoms. The van der Waals surface area contributed by atoms with Crippen molar-refractivity contribution in [3.63, 3.8) is 0 Å². The highest BCUT2D eigenvalue weighted by atomic mass is 32.1. The lowest BCUT2D eigenvalue weighted by Crippen LogP contribution is -2.27. The zero-order chi connectivity index (χ0) is 16.9. The SMILES string of the molecule is O=C(COC(=O)[C@H]1CCCO1)Nc1nc(-c2ccc(F)cc2)cs1. The molecule has 24 heavy (non-hydrogen) atoms. The van der Waals surface area contributed by atoms with E-state index in [4.69, 9.17) is 9.47 Å². The van der Waals surface area contributed by atoms with Crippen molar-refractivity contribution in [1.29, 1.82) is 0 Å². The number of hydrogen-bond acceptors (Lipinski definition) is 6. The molecule has 1 atom stereocenters. The molecule has 1 aliphatic rings. The van der Waals surface area contributed by atoms with Crippen molar-refractivity contribution in [1.82, 2.24) is 4.98 Å². The van der Waals surface area contributed by atoms with Crippen LogP contribution in [0.25, 0.3) is 11.3 Å². The molecule has 0 saturated carbocycles. The largest absolute Gasteiger partial charge is 0.454 e. The third-order valence-corrected chi connectivity index (χ3v) is 4.19. The van der Waals surface area contributed by atoms with E-state index in [-0.39, 0.29) is 12.4 Å². The van der Waals surface area contributed by atoms with Crippen LogP contribution in [-0.4, -0.2) is 36.2 Å². The number of carbonyl (C=O) groups excluding carboxylic acids is 2. The van der Waals surface area contributed by atoms with Gasteiger partial charge in [0.15, 0.2) is 17.8 Å². The number of esters is 1. The van der Waals surface area contributed by atoms with Gasteiger partial charge in [0.25, 0.3) is 5.91 Å². The number of halogens is 1. The zero-order valence-corrected chi connectivity index (χ0v) is 13.5. The van der Waals surface area contributed by atoms with Gasteiger partial charge in [0.1, 0.15) is 5.82 Å². The van der Waals surface area contributed by atoms with Crippen LogP contribution >= 0.6 is 11.3 Å². The Bertz CT molecular complexity index is 726. The Hall–Kier alpha value is -2.32. The maximum absolute atomic E-state index is 12.9. The van der Waals surface area contributed by atoms with Crippen LogP contribution in [0.1, 0.15) is 12.8 Å². The molecule has 8 heteroatoms. The summed E-state index contributed by atoms with van der Waals surface area (Å²) >= 11 is 1.23. The first-order valence-electron chi connectivity index (χ1n) is 7.41. The molecular formula is C16H15FN2O4S. The number of benzene rings is 1. The molecule has 0 unspecified atom stereocenters. The Kier molecular flexibility index (Phi) is 5.17. The summed E-state index contributed by atoms with van der Waals surface area (Å²) in [5, 5.41) is 4.70. The summed E-state index contributed by atoms with van der Waals surface area (Å²) in [5.74, 6) is -1.31. The molecule has 1 aromatic heterocycles. The van der Waals surface area contributed by atoms with Crippen molar-refractivity contribution in [2.45, 2.75) is 18.9 Å². The second-order valence-corrected chi connectivity index (χ2v) is 6.06. The van der Waals surface area contributed by atoms with Crippen molar-refractivity contribution in [2.24, 2.45) is 0 Å². The Morgan fingerprint density at radius 3 is 2.88 bits per heavy atom. The average molecular weight is 350 g/mol. The summed E-state index contributed by atoms with van der Waals surface area (Å²) in [6.07, 6.45) is 0.869. The number of rotatable bonds is 5. The first kappa shape index (κ1) is 16.5. The maximum Gasteiger partial charge on any atom is 0.335 e. The maximum atomic E-state index is 12.9.